The van der Waals surface area contributed by atoms with Gasteiger partial charge in [-0.15, -0.1) is 21.5 Å². The van der Waals surface area contributed by atoms with E-state index in [-0.39, 0.29) is 6.04 Å². The first-order chi connectivity index (χ1) is 10.8. The van der Waals surface area contributed by atoms with Crippen LogP contribution in [0.3, 0.4) is 0 Å². The average molecular weight is 316 g/mol. The summed E-state index contributed by atoms with van der Waals surface area (Å²) in [6.07, 6.45) is 6.31. The van der Waals surface area contributed by atoms with Gasteiger partial charge < -0.3 is 9.73 Å². The summed E-state index contributed by atoms with van der Waals surface area (Å²) in [5.41, 5.74) is 1.45. The summed E-state index contributed by atoms with van der Waals surface area (Å²) in [5, 5.41) is 20.3. The molecule has 116 valence electrons. The third-order valence-corrected chi connectivity index (χ3v) is 5.27. The summed E-state index contributed by atoms with van der Waals surface area (Å²) in [6, 6.07) is 4.56. The minimum Gasteiger partial charge on any atom is -0.419 e. The van der Waals surface area contributed by atoms with E-state index in [2.05, 4.69) is 34.6 Å². The molecule has 1 atom stereocenters. The molecule has 6 heteroatoms. The predicted molar refractivity (Wildman–Crippen MR) is 85.4 cm³/mol. The van der Waals surface area contributed by atoms with Crippen molar-refractivity contribution in [3.05, 3.63) is 22.4 Å². The van der Waals surface area contributed by atoms with Crippen LogP contribution in [0.2, 0.25) is 0 Å². The number of aryl methyl sites for hydroxylation is 2. The Morgan fingerprint density at radius 2 is 2.27 bits per heavy atom. The van der Waals surface area contributed by atoms with Crippen LogP contribution < -0.4 is 5.32 Å². The Bertz CT molecular complexity index is 646. The molecule has 0 amide bonds. The molecule has 1 N–H and O–H groups in total. The van der Waals surface area contributed by atoms with Crippen LogP contribution in [0, 0.1) is 11.3 Å². The highest BCUT2D eigenvalue weighted by Gasteiger charge is 2.18. The Hall–Kier alpha value is -1.71. The van der Waals surface area contributed by atoms with E-state index >= 15 is 0 Å². The van der Waals surface area contributed by atoms with Crippen molar-refractivity contribution >= 4 is 11.3 Å². The Kier molecular flexibility index (Phi) is 4.86. The number of fused-ring (bicyclic) bond motifs is 1. The topological polar surface area (TPSA) is 74.7 Å². The maximum atomic E-state index is 8.76. The van der Waals surface area contributed by atoms with Gasteiger partial charge in [0.05, 0.1) is 23.9 Å². The molecule has 2 aromatic heterocycles. The Morgan fingerprint density at radius 1 is 1.41 bits per heavy atom. The average Bonchev–Trinajstić information content (AvgIpc) is 3.17. The Labute approximate surface area is 134 Å². The molecule has 2 aromatic rings. The van der Waals surface area contributed by atoms with E-state index in [1.54, 1.807) is 11.3 Å². The summed E-state index contributed by atoms with van der Waals surface area (Å²) < 4.78 is 5.76. The number of nitriles is 1. The first-order valence-electron chi connectivity index (χ1n) is 7.84. The number of thiophene rings is 1. The summed E-state index contributed by atoms with van der Waals surface area (Å²) in [6.45, 7) is 2.57. The second-order valence-corrected chi connectivity index (χ2v) is 6.75. The lowest BCUT2D eigenvalue weighted by molar-refractivity contribution is 0.433. The van der Waals surface area contributed by atoms with Gasteiger partial charge in [-0.05, 0) is 43.7 Å². The van der Waals surface area contributed by atoms with E-state index < -0.39 is 0 Å². The molecule has 0 aromatic carbocycles. The highest BCUT2D eigenvalue weighted by molar-refractivity contribution is 7.15. The second kappa shape index (κ2) is 7.03. The molecule has 0 saturated carbocycles. The molecular formula is C16H20N4OS. The van der Waals surface area contributed by atoms with Crippen molar-refractivity contribution in [2.24, 2.45) is 0 Å². The predicted octanol–water partition coefficient (Wildman–Crippen LogP) is 3.46. The molecule has 3 rings (SSSR count). The summed E-state index contributed by atoms with van der Waals surface area (Å²) in [7, 11) is 0. The molecule has 22 heavy (non-hydrogen) atoms. The maximum Gasteiger partial charge on any atom is 0.257 e. The highest BCUT2D eigenvalue weighted by Crippen LogP contribution is 2.35. The van der Waals surface area contributed by atoms with Crippen molar-refractivity contribution < 1.29 is 4.42 Å². The maximum absolute atomic E-state index is 8.76. The lowest BCUT2D eigenvalue weighted by atomic mass is 9.99. The van der Waals surface area contributed by atoms with Crippen LogP contribution in [0.25, 0.3) is 10.8 Å². The van der Waals surface area contributed by atoms with Crippen molar-refractivity contribution in [1.82, 2.24) is 15.5 Å². The first kappa shape index (κ1) is 15.2. The summed E-state index contributed by atoms with van der Waals surface area (Å²) in [4.78, 5) is 2.55. The monoisotopic (exact) mass is 316 g/mol. The van der Waals surface area contributed by atoms with Gasteiger partial charge in [-0.25, -0.2) is 0 Å². The van der Waals surface area contributed by atoms with Gasteiger partial charge >= 0.3 is 0 Å². The quantitative estimate of drug-likeness (QED) is 0.883. The van der Waals surface area contributed by atoms with Crippen LogP contribution in [0.5, 0.6) is 0 Å². The number of rotatable bonds is 6. The fraction of sp³-hybridized carbons (Fsp3) is 0.562. The van der Waals surface area contributed by atoms with Crippen molar-refractivity contribution in [3.8, 4) is 16.8 Å². The molecule has 0 spiro atoms. The standard InChI is InChI=1S/C16H20N4OS/c1-2-12(7-8-17)18-10-15-19-20-16(21-15)14-9-11-5-3-4-6-13(11)22-14/h9,12,18H,2-7,10H2,1H3/t12-/m0/s1. The molecule has 1 aliphatic rings. The van der Waals surface area contributed by atoms with Gasteiger partial charge in [-0.2, -0.15) is 5.26 Å². The van der Waals surface area contributed by atoms with Gasteiger partial charge in [0.1, 0.15) is 0 Å². The van der Waals surface area contributed by atoms with E-state index in [1.165, 1.54) is 36.1 Å². The summed E-state index contributed by atoms with van der Waals surface area (Å²) >= 11 is 1.78. The molecular weight excluding hydrogens is 296 g/mol. The SMILES string of the molecule is CC[C@@H](CC#N)NCc1nnc(-c2cc3c(s2)CCCC3)o1. The van der Waals surface area contributed by atoms with E-state index in [9.17, 15) is 0 Å². The van der Waals surface area contributed by atoms with Crippen molar-refractivity contribution in [3.63, 3.8) is 0 Å². The third-order valence-electron chi connectivity index (χ3n) is 4.05. The van der Waals surface area contributed by atoms with E-state index in [0.29, 0.717) is 24.7 Å². The van der Waals surface area contributed by atoms with Crippen LogP contribution in [0.15, 0.2) is 10.5 Å². The fourth-order valence-corrected chi connectivity index (χ4v) is 3.90. The van der Waals surface area contributed by atoms with Gasteiger partial charge in [-0.3, -0.25) is 0 Å². The minimum atomic E-state index is 0.175. The van der Waals surface area contributed by atoms with Crippen molar-refractivity contribution in [1.29, 1.82) is 5.26 Å². The van der Waals surface area contributed by atoms with Crippen LogP contribution in [-0.4, -0.2) is 16.2 Å². The zero-order chi connectivity index (χ0) is 15.4. The van der Waals surface area contributed by atoms with E-state index in [4.69, 9.17) is 9.68 Å². The molecule has 0 unspecified atom stereocenters. The Morgan fingerprint density at radius 3 is 3.05 bits per heavy atom. The molecule has 0 saturated heterocycles. The largest absolute Gasteiger partial charge is 0.419 e. The third kappa shape index (κ3) is 3.37. The molecule has 0 aliphatic heterocycles. The van der Waals surface area contributed by atoms with Gasteiger partial charge in [0, 0.05) is 10.9 Å². The van der Waals surface area contributed by atoms with E-state index in [0.717, 1.165) is 11.3 Å². The zero-order valence-corrected chi connectivity index (χ0v) is 13.6. The van der Waals surface area contributed by atoms with Crippen LogP contribution >= 0.6 is 11.3 Å². The van der Waals surface area contributed by atoms with Crippen molar-refractivity contribution in [2.75, 3.05) is 0 Å². The van der Waals surface area contributed by atoms with Gasteiger partial charge in [0.25, 0.3) is 5.89 Å². The van der Waals surface area contributed by atoms with Gasteiger partial charge in [0.15, 0.2) is 0 Å². The number of nitrogens with zero attached hydrogens (tertiary/aromatic N) is 3. The zero-order valence-electron chi connectivity index (χ0n) is 12.8. The lowest BCUT2D eigenvalue weighted by Crippen LogP contribution is -2.27. The molecule has 2 heterocycles. The van der Waals surface area contributed by atoms with Gasteiger partial charge in [-0.1, -0.05) is 6.92 Å². The lowest BCUT2D eigenvalue weighted by Gasteiger charge is -2.10. The second-order valence-electron chi connectivity index (χ2n) is 5.62. The highest BCUT2D eigenvalue weighted by atomic mass is 32.1. The van der Waals surface area contributed by atoms with E-state index in [1.807, 2.05) is 0 Å². The summed E-state index contributed by atoms with van der Waals surface area (Å²) in [5.74, 6) is 1.20. The van der Waals surface area contributed by atoms with Crippen molar-refractivity contribution in [2.45, 2.75) is 58.0 Å². The number of aromatic nitrogens is 2. The molecule has 5 nitrogen and oxygen atoms in total. The minimum absolute atomic E-state index is 0.175. The number of hydrogen-bond acceptors (Lipinski definition) is 6. The molecule has 0 fully saturated rings. The van der Waals surface area contributed by atoms with Crippen LogP contribution in [-0.2, 0) is 19.4 Å². The van der Waals surface area contributed by atoms with Crippen LogP contribution in [0.1, 0.15) is 48.9 Å². The fourth-order valence-electron chi connectivity index (χ4n) is 2.72. The Balaban J connectivity index is 1.66. The number of hydrogen-bond donors (Lipinski definition) is 1. The van der Waals surface area contributed by atoms with Crippen LogP contribution in [0.4, 0.5) is 0 Å². The molecule has 0 radical (unpaired) electrons. The normalized spacial score (nSPS) is 15.3. The molecule has 1 aliphatic carbocycles. The smallest absolute Gasteiger partial charge is 0.257 e. The van der Waals surface area contributed by atoms with Gasteiger partial charge in [0.2, 0.25) is 5.89 Å². The molecule has 0 bridgehead atoms. The number of nitrogens with one attached hydrogen (secondary N) is 1. The first-order valence-corrected chi connectivity index (χ1v) is 8.66.